The number of ketones is 1. The summed E-state index contributed by atoms with van der Waals surface area (Å²) in [5.74, 6) is -0.00282. The molecule has 1 aromatic heterocycles. The number of carbonyl (C=O) groups excluding carboxylic acids is 1. The van der Waals surface area contributed by atoms with Gasteiger partial charge in [-0.25, -0.2) is 0 Å². The second-order valence-corrected chi connectivity index (χ2v) is 4.64. The van der Waals surface area contributed by atoms with E-state index in [2.05, 4.69) is 5.10 Å². The van der Waals surface area contributed by atoms with Gasteiger partial charge < -0.3 is 0 Å². The molecular weight excluding hydrogens is 248 g/mol. The molecule has 1 heterocycles. The molecule has 0 aliphatic rings. The maximum atomic E-state index is 12.2. The lowest BCUT2D eigenvalue weighted by molar-refractivity contribution is 0.104. The highest BCUT2D eigenvalue weighted by Crippen LogP contribution is 2.16. The quantitative estimate of drug-likeness (QED) is 0.535. The molecule has 2 aromatic carbocycles. The average Bonchev–Trinajstić information content (AvgIpc) is 2.89. The van der Waals surface area contributed by atoms with Crippen molar-refractivity contribution >= 4 is 22.6 Å². The molecule has 0 atom stereocenters. The van der Waals surface area contributed by atoms with Crippen molar-refractivity contribution in [2.45, 2.75) is 0 Å². The minimum atomic E-state index is -0.00282. The molecule has 3 heteroatoms. The monoisotopic (exact) mass is 262 g/mol. The Bertz CT molecular complexity index is 799. The highest BCUT2D eigenvalue weighted by molar-refractivity contribution is 6.08. The lowest BCUT2D eigenvalue weighted by Crippen LogP contribution is -1.96. The van der Waals surface area contributed by atoms with Gasteiger partial charge in [-0.15, -0.1) is 0 Å². The summed E-state index contributed by atoms with van der Waals surface area (Å²) in [5.41, 5.74) is 1.60. The molecule has 3 rings (SSSR count). The van der Waals surface area contributed by atoms with Crippen LogP contribution in [0.2, 0.25) is 0 Å². The van der Waals surface area contributed by atoms with E-state index in [1.165, 1.54) is 0 Å². The van der Waals surface area contributed by atoms with Crippen molar-refractivity contribution in [1.82, 2.24) is 9.78 Å². The summed E-state index contributed by atoms with van der Waals surface area (Å²) in [6.07, 6.45) is 5.08. The van der Waals surface area contributed by atoms with Crippen molar-refractivity contribution in [2.24, 2.45) is 7.05 Å². The summed E-state index contributed by atoms with van der Waals surface area (Å²) in [6.45, 7) is 0. The van der Waals surface area contributed by atoms with Gasteiger partial charge in [0, 0.05) is 18.8 Å². The van der Waals surface area contributed by atoms with Crippen LogP contribution in [0.15, 0.2) is 60.8 Å². The maximum absolute atomic E-state index is 12.2. The third-order valence-corrected chi connectivity index (χ3v) is 3.30. The van der Waals surface area contributed by atoms with Crippen molar-refractivity contribution in [3.8, 4) is 0 Å². The summed E-state index contributed by atoms with van der Waals surface area (Å²) in [6, 6.07) is 15.6. The number of aryl methyl sites for hydroxylation is 1. The fourth-order valence-corrected chi connectivity index (χ4v) is 2.15. The third kappa shape index (κ3) is 2.38. The van der Waals surface area contributed by atoms with Gasteiger partial charge in [-0.1, -0.05) is 36.4 Å². The van der Waals surface area contributed by atoms with Gasteiger partial charge in [-0.05, 0) is 35.1 Å². The van der Waals surface area contributed by atoms with Crippen LogP contribution in [0.5, 0.6) is 0 Å². The van der Waals surface area contributed by atoms with Gasteiger partial charge >= 0.3 is 0 Å². The number of benzene rings is 2. The van der Waals surface area contributed by atoms with Gasteiger partial charge in [0.25, 0.3) is 0 Å². The molecule has 0 N–H and O–H groups in total. The predicted octanol–water partition coefficient (Wildman–Crippen LogP) is 3.47. The first kappa shape index (κ1) is 12.4. The van der Waals surface area contributed by atoms with Crippen molar-refractivity contribution in [3.05, 3.63) is 72.1 Å². The Morgan fingerprint density at radius 1 is 1.10 bits per heavy atom. The van der Waals surface area contributed by atoms with Crippen LogP contribution in [0.1, 0.15) is 16.1 Å². The van der Waals surface area contributed by atoms with E-state index in [1.54, 1.807) is 23.0 Å². The normalized spacial score (nSPS) is 11.2. The van der Waals surface area contributed by atoms with Crippen molar-refractivity contribution in [1.29, 1.82) is 0 Å². The van der Waals surface area contributed by atoms with Gasteiger partial charge in [-0.3, -0.25) is 9.48 Å². The standard InChI is InChI=1S/C17H14N2O/c1-19-16(10-11-18-19)8-9-17(20)15-7-6-13-4-2-3-5-14(13)12-15/h2-12H,1H3. The second kappa shape index (κ2) is 5.13. The summed E-state index contributed by atoms with van der Waals surface area (Å²) in [7, 11) is 1.85. The highest BCUT2D eigenvalue weighted by Gasteiger charge is 2.03. The van der Waals surface area contributed by atoms with Crippen molar-refractivity contribution in [2.75, 3.05) is 0 Å². The number of nitrogens with zero attached hydrogens (tertiary/aromatic N) is 2. The molecule has 0 bridgehead atoms. The molecule has 0 saturated heterocycles. The fourth-order valence-electron chi connectivity index (χ4n) is 2.15. The molecule has 0 radical (unpaired) electrons. The zero-order valence-electron chi connectivity index (χ0n) is 11.2. The van der Waals surface area contributed by atoms with Crippen molar-refractivity contribution < 1.29 is 4.79 Å². The van der Waals surface area contributed by atoms with Crippen LogP contribution < -0.4 is 0 Å². The zero-order chi connectivity index (χ0) is 13.9. The summed E-state index contributed by atoms with van der Waals surface area (Å²) < 4.78 is 1.73. The molecule has 98 valence electrons. The number of carbonyl (C=O) groups is 1. The first-order valence-electron chi connectivity index (χ1n) is 6.43. The molecule has 3 aromatic rings. The summed E-state index contributed by atoms with van der Waals surface area (Å²) in [4.78, 5) is 12.2. The molecule has 0 aliphatic heterocycles. The van der Waals surface area contributed by atoms with E-state index in [-0.39, 0.29) is 5.78 Å². The van der Waals surface area contributed by atoms with E-state index in [1.807, 2.05) is 55.6 Å². The van der Waals surface area contributed by atoms with E-state index in [9.17, 15) is 4.79 Å². The Morgan fingerprint density at radius 2 is 1.90 bits per heavy atom. The molecular formula is C17H14N2O. The number of allylic oxidation sites excluding steroid dienone is 1. The molecule has 20 heavy (non-hydrogen) atoms. The Balaban J connectivity index is 1.89. The van der Waals surface area contributed by atoms with Crippen LogP contribution in [-0.4, -0.2) is 15.6 Å². The Labute approximate surface area is 117 Å². The summed E-state index contributed by atoms with van der Waals surface area (Å²) >= 11 is 0. The number of rotatable bonds is 3. The Hall–Kier alpha value is -2.68. The minimum absolute atomic E-state index is 0.00282. The molecule has 0 amide bonds. The van der Waals surface area contributed by atoms with Crippen molar-refractivity contribution in [3.63, 3.8) is 0 Å². The molecule has 0 aliphatic carbocycles. The van der Waals surface area contributed by atoms with E-state index >= 15 is 0 Å². The number of aromatic nitrogens is 2. The van der Waals surface area contributed by atoms with E-state index in [0.717, 1.165) is 16.5 Å². The predicted molar refractivity (Wildman–Crippen MR) is 80.5 cm³/mol. The smallest absolute Gasteiger partial charge is 0.185 e. The molecule has 0 spiro atoms. The van der Waals surface area contributed by atoms with Gasteiger partial charge in [0.2, 0.25) is 0 Å². The van der Waals surface area contributed by atoms with Crippen LogP contribution in [-0.2, 0) is 7.05 Å². The van der Waals surface area contributed by atoms with Crippen LogP contribution in [0.25, 0.3) is 16.8 Å². The molecule has 0 fully saturated rings. The lowest BCUT2D eigenvalue weighted by atomic mass is 10.0. The highest BCUT2D eigenvalue weighted by atomic mass is 16.1. The first-order valence-corrected chi connectivity index (χ1v) is 6.43. The number of fused-ring (bicyclic) bond motifs is 1. The maximum Gasteiger partial charge on any atom is 0.185 e. The average molecular weight is 262 g/mol. The Morgan fingerprint density at radius 3 is 2.65 bits per heavy atom. The zero-order valence-corrected chi connectivity index (χ0v) is 11.2. The van der Waals surface area contributed by atoms with E-state index in [0.29, 0.717) is 5.56 Å². The van der Waals surface area contributed by atoms with Crippen LogP contribution in [0, 0.1) is 0 Å². The van der Waals surface area contributed by atoms with Crippen LogP contribution in [0.3, 0.4) is 0 Å². The minimum Gasteiger partial charge on any atom is -0.289 e. The lowest BCUT2D eigenvalue weighted by Gasteiger charge is -2.00. The van der Waals surface area contributed by atoms with Crippen LogP contribution >= 0.6 is 0 Å². The largest absolute Gasteiger partial charge is 0.289 e. The molecule has 0 saturated carbocycles. The van der Waals surface area contributed by atoms with Gasteiger partial charge in [-0.2, -0.15) is 5.10 Å². The topological polar surface area (TPSA) is 34.9 Å². The van der Waals surface area contributed by atoms with Crippen LogP contribution in [0.4, 0.5) is 0 Å². The van der Waals surface area contributed by atoms with Gasteiger partial charge in [0.1, 0.15) is 0 Å². The van der Waals surface area contributed by atoms with Gasteiger partial charge in [0.05, 0.1) is 5.69 Å². The molecule has 0 unspecified atom stereocenters. The fraction of sp³-hybridized carbons (Fsp3) is 0.0588. The second-order valence-electron chi connectivity index (χ2n) is 4.64. The van der Waals surface area contributed by atoms with Gasteiger partial charge in [0.15, 0.2) is 5.78 Å². The van der Waals surface area contributed by atoms with E-state index < -0.39 is 0 Å². The SMILES string of the molecule is Cn1nccc1C=CC(=O)c1ccc2ccccc2c1. The molecule has 3 nitrogen and oxygen atoms in total. The third-order valence-electron chi connectivity index (χ3n) is 3.30. The van der Waals surface area contributed by atoms with E-state index in [4.69, 9.17) is 0 Å². The first-order chi connectivity index (χ1) is 9.74. The number of hydrogen-bond acceptors (Lipinski definition) is 2. The summed E-state index contributed by atoms with van der Waals surface area (Å²) in [5, 5.41) is 6.28. The Kier molecular flexibility index (Phi) is 3.17. The number of hydrogen-bond donors (Lipinski definition) is 0.